The van der Waals surface area contributed by atoms with Crippen LogP contribution in [0.2, 0.25) is 5.02 Å². The molecule has 1 unspecified atom stereocenters. The van der Waals surface area contributed by atoms with Gasteiger partial charge in [0.25, 0.3) is 5.91 Å². The van der Waals surface area contributed by atoms with Gasteiger partial charge in [-0.1, -0.05) is 29.8 Å². The summed E-state index contributed by atoms with van der Waals surface area (Å²) < 4.78 is 26.3. The van der Waals surface area contributed by atoms with Gasteiger partial charge in [-0.3, -0.25) is 29.3 Å². The number of piperidine rings is 1. The number of aromatic nitrogens is 2. The number of hydrogen-bond donors (Lipinski definition) is 4. The van der Waals surface area contributed by atoms with E-state index in [1.807, 2.05) is 23.6 Å². The maximum atomic E-state index is 14.6. The number of halogens is 2. The third kappa shape index (κ3) is 9.63. The molecule has 304 valence electrons. The highest BCUT2D eigenvalue weighted by Crippen LogP contribution is 2.41. The number of amides is 5. The molecule has 1 saturated carbocycles. The molecular weight excluding hydrogens is 789 g/mol. The van der Waals surface area contributed by atoms with Crippen LogP contribution in [0.3, 0.4) is 0 Å². The molecule has 7 rings (SSSR count). The minimum absolute atomic E-state index is 0.0107. The third-order valence-corrected chi connectivity index (χ3v) is 11.6. The van der Waals surface area contributed by atoms with E-state index in [4.69, 9.17) is 26.1 Å². The summed E-state index contributed by atoms with van der Waals surface area (Å²) in [5, 5.41) is 14.0. The molecule has 2 aromatic heterocycles. The van der Waals surface area contributed by atoms with E-state index < -0.39 is 29.1 Å². The first-order chi connectivity index (χ1) is 28.1. The van der Waals surface area contributed by atoms with E-state index in [1.165, 1.54) is 22.3 Å². The lowest BCUT2D eigenvalue weighted by Crippen LogP contribution is -2.52. The van der Waals surface area contributed by atoms with Crippen LogP contribution in [-0.2, 0) is 36.9 Å². The number of nitrogens with zero attached hydrogens (tertiary/aromatic N) is 3. The molecule has 2 aliphatic heterocycles. The molecule has 5 amide bonds. The molecule has 58 heavy (non-hydrogen) atoms. The van der Waals surface area contributed by atoms with E-state index >= 15 is 0 Å². The lowest BCUT2D eigenvalue weighted by molar-refractivity contribution is -0.137. The molecule has 0 spiro atoms. The monoisotopic (exact) mass is 831 g/mol. The zero-order valence-corrected chi connectivity index (χ0v) is 33.1. The van der Waals surface area contributed by atoms with Gasteiger partial charge in [0.2, 0.25) is 23.6 Å². The Morgan fingerprint density at radius 3 is 2.64 bits per heavy atom. The summed E-state index contributed by atoms with van der Waals surface area (Å²) in [6.07, 6.45) is 5.49. The van der Waals surface area contributed by atoms with Gasteiger partial charge in [0.05, 0.1) is 16.5 Å². The molecule has 4 aromatic rings. The van der Waals surface area contributed by atoms with Crippen molar-refractivity contribution in [1.29, 1.82) is 0 Å². The highest BCUT2D eigenvalue weighted by Gasteiger charge is 2.43. The fraction of sp³-hybridized carbons (Fsp3) is 0.390. The maximum absolute atomic E-state index is 14.6. The molecule has 2 fully saturated rings. The fourth-order valence-electron chi connectivity index (χ4n) is 7.66. The molecule has 4 N–H and O–H groups in total. The standard InChI is InChI=1S/C41H43ClFN7O7S/c42-29-8-5-10-32(36(29)43)57-26-14-16-41(17-15-26,22-25-6-3-11-33(46-25)48-40-45-19-21-58-40)39(55)44-18-1-2-20-56-24-35(52)47-30-9-4-7-27-28(30)23-50(38(27)54)31-12-13-34(51)49-37(31)53/h3-11,19,21,26,31H,1-2,12-18,20,22-24H2,(H,44,55)(H,47,52)(H,45,46,48)(H,49,51,53)/t26-,31?,41-. The predicted molar refractivity (Wildman–Crippen MR) is 214 cm³/mol. The van der Waals surface area contributed by atoms with Crippen LogP contribution in [0, 0.1) is 11.2 Å². The molecule has 0 bridgehead atoms. The SMILES string of the molecule is O=C1CCC(N2Cc3c(NC(=O)COCCCCNC(=O)[C@]4(Cc5cccc(Nc6nccs6)n5)CC[C@@H](Oc5cccc(Cl)c5F)CC4)cccc3C2=O)C(=O)N1. The summed E-state index contributed by atoms with van der Waals surface area (Å²) >= 11 is 7.43. The number of hydrogen-bond acceptors (Lipinski definition) is 11. The van der Waals surface area contributed by atoms with Crippen LogP contribution in [0.4, 0.5) is 21.0 Å². The molecule has 1 atom stereocenters. The van der Waals surface area contributed by atoms with Crippen LogP contribution in [0.25, 0.3) is 0 Å². The number of nitrogens with one attached hydrogen (secondary N) is 4. The normalized spacial score (nSPS) is 20.3. The van der Waals surface area contributed by atoms with Crippen molar-refractivity contribution in [2.45, 2.75) is 76.5 Å². The molecule has 1 saturated heterocycles. The molecular formula is C41H43ClFN7O7S. The van der Waals surface area contributed by atoms with Crippen molar-refractivity contribution in [1.82, 2.24) is 25.5 Å². The van der Waals surface area contributed by atoms with Gasteiger partial charge in [0.1, 0.15) is 18.5 Å². The van der Waals surface area contributed by atoms with Gasteiger partial charge in [-0.25, -0.2) is 14.4 Å². The highest BCUT2D eigenvalue weighted by atomic mass is 35.5. The van der Waals surface area contributed by atoms with Gasteiger partial charge in [0, 0.05) is 66.6 Å². The molecule has 2 aromatic carbocycles. The minimum atomic E-state index is -0.769. The van der Waals surface area contributed by atoms with Crippen molar-refractivity contribution in [3.63, 3.8) is 0 Å². The van der Waals surface area contributed by atoms with Gasteiger partial charge >= 0.3 is 0 Å². The molecule has 4 heterocycles. The van der Waals surface area contributed by atoms with Crippen LogP contribution in [0.5, 0.6) is 5.75 Å². The van der Waals surface area contributed by atoms with Gasteiger partial charge in [-0.15, -0.1) is 11.3 Å². The van der Waals surface area contributed by atoms with E-state index in [2.05, 4.69) is 26.3 Å². The Hall–Kier alpha value is -5.45. The molecule has 0 radical (unpaired) electrons. The Balaban J connectivity index is 0.887. The highest BCUT2D eigenvalue weighted by molar-refractivity contribution is 7.13. The molecule has 1 aliphatic carbocycles. The number of carbonyl (C=O) groups excluding carboxylic acids is 5. The number of rotatable bonds is 16. The topological polar surface area (TPSA) is 181 Å². The number of fused-ring (bicyclic) bond motifs is 1. The quantitative estimate of drug-likeness (QED) is 0.0780. The van der Waals surface area contributed by atoms with Crippen molar-refractivity contribution in [3.05, 3.63) is 93.8 Å². The van der Waals surface area contributed by atoms with Gasteiger partial charge < -0.3 is 30.3 Å². The third-order valence-electron chi connectivity index (χ3n) is 10.7. The predicted octanol–water partition coefficient (Wildman–Crippen LogP) is 5.94. The van der Waals surface area contributed by atoms with Crippen molar-refractivity contribution < 1.29 is 37.8 Å². The fourth-order valence-corrected chi connectivity index (χ4v) is 8.36. The average Bonchev–Trinajstić information content (AvgIpc) is 3.85. The first-order valence-electron chi connectivity index (χ1n) is 19.2. The largest absolute Gasteiger partial charge is 0.487 e. The zero-order valence-electron chi connectivity index (χ0n) is 31.6. The van der Waals surface area contributed by atoms with Gasteiger partial charge in [0.15, 0.2) is 16.7 Å². The minimum Gasteiger partial charge on any atom is -0.487 e. The van der Waals surface area contributed by atoms with E-state index in [9.17, 15) is 28.4 Å². The second kappa shape index (κ2) is 18.4. The number of benzene rings is 2. The lowest BCUT2D eigenvalue weighted by atomic mass is 9.69. The zero-order chi connectivity index (χ0) is 40.6. The van der Waals surface area contributed by atoms with Crippen molar-refractivity contribution in [3.8, 4) is 5.75 Å². The number of unbranched alkanes of at least 4 members (excludes halogenated alkanes) is 1. The lowest BCUT2D eigenvalue weighted by Gasteiger charge is -2.39. The van der Waals surface area contributed by atoms with E-state index in [0.29, 0.717) is 79.3 Å². The average molecular weight is 832 g/mol. The number of imide groups is 1. The molecule has 17 heteroatoms. The second-order valence-electron chi connectivity index (χ2n) is 14.6. The van der Waals surface area contributed by atoms with Crippen molar-refractivity contribution >= 4 is 69.1 Å². The Kier molecular flexibility index (Phi) is 12.9. The first kappa shape index (κ1) is 40.7. The summed E-state index contributed by atoms with van der Waals surface area (Å²) in [7, 11) is 0. The van der Waals surface area contributed by atoms with E-state index in [1.54, 1.807) is 36.5 Å². The maximum Gasteiger partial charge on any atom is 0.255 e. The van der Waals surface area contributed by atoms with Crippen LogP contribution in [0.1, 0.15) is 73.0 Å². The van der Waals surface area contributed by atoms with Gasteiger partial charge in [-0.2, -0.15) is 0 Å². The van der Waals surface area contributed by atoms with Crippen LogP contribution < -0.4 is 26.0 Å². The second-order valence-corrected chi connectivity index (χ2v) is 15.9. The number of ether oxygens (including phenoxy) is 2. The number of pyridine rings is 1. The number of carbonyl (C=O) groups is 5. The Bertz CT molecular complexity index is 2170. The summed E-state index contributed by atoms with van der Waals surface area (Å²) in [5.41, 5.74) is 1.44. The smallest absolute Gasteiger partial charge is 0.255 e. The number of anilines is 3. The van der Waals surface area contributed by atoms with Crippen LogP contribution in [0.15, 0.2) is 66.2 Å². The Labute approximate surface area is 343 Å². The van der Waals surface area contributed by atoms with E-state index in [0.717, 1.165) is 5.69 Å². The first-order valence-corrected chi connectivity index (χ1v) is 20.5. The molecule has 3 aliphatic rings. The summed E-state index contributed by atoms with van der Waals surface area (Å²) in [4.78, 5) is 74.5. The Morgan fingerprint density at radius 1 is 1.03 bits per heavy atom. The van der Waals surface area contributed by atoms with Gasteiger partial charge in [-0.05, 0) is 81.3 Å². The van der Waals surface area contributed by atoms with Crippen molar-refractivity contribution in [2.24, 2.45) is 5.41 Å². The van der Waals surface area contributed by atoms with Crippen LogP contribution in [-0.4, -0.2) is 76.3 Å². The summed E-state index contributed by atoms with van der Waals surface area (Å²) in [6.45, 7) is 0.604. The summed E-state index contributed by atoms with van der Waals surface area (Å²) in [6, 6.07) is 14.6. The van der Waals surface area contributed by atoms with Crippen LogP contribution >= 0.6 is 22.9 Å². The van der Waals surface area contributed by atoms with Crippen molar-refractivity contribution in [2.75, 3.05) is 30.4 Å². The Morgan fingerprint density at radius 2 is 1.84 bits per heavy atom. The van der Waals surface area contributed by atoms with E-state index in [-0.39, 0.29) is 67.2 Å². The molecule has 14 nitrogen and oxygen atoms in total. The summed E-state index contributed by atoms with van der Waals surface area (Å²) in [5.74, 6) is -1.56. The number of thiazole rings is 1.